The smallest absolute Gasteiger partial charge is 0.244 e. The van der Waals surface area contributed by atoms with Crippen LogP contribution < -0.4 is 0 Å². The maximum atomic E-state index is 9.53. The molecule has 0 amide bonds. The van der Waals surface area contributed by atoms with Crippen molar-refractivity contribution >= 4 is 19.2 Å². The van der Waals surface area contributed by atoms with Gasteiger partial charge < -0.3 is 0 Å². The molecular formula is C4H3O2S. The highest BCUT2D eigenvalue weighted by molar-refractivity contribution is 7.75. The fourth-order valence-electron chi connectivity index (χ4n) is 0.0860. The molecule has 0 saturated heterocycles. The van der Waals surface area contributed by atoms with Gasteiger partial charge in [0.2, 0.25) is 6.29 Å². The van der Waals surface area contributed by atoms with Gasteiger partial charge in [0.05, 0.1) is 0 Å². The lowest BCUT2D eigenvalue weighted by Crippen LogP contribution is -2.03. The highest BCUT2D eigenvalue weighted by Crippen LogP contribution is 1.85. The molecule has 0 saturated carbocycles. The van der Waals surface area contributed by atoms with E-state index in [1.54, 1.807) is 0 Å². The Morgan fingerprint density at radius 2 is 2.43 bits per heavy atom. The van der Waals surface area contributed by atoms with Crippen LogP contribution in [0.3, 0.4) is 0 Å². The van der Waals surface area contributed by atoms with Crippen LogP contribution in [0.4, 0.5) is 0 Å². The summed E-state index contributed by atoms with van der Waals surface area (Å²) in [4.78, 5) is 9.53. The number of hydrogen-bond acceptors (Lipinski definition) is 3. The van der Waals surface area contributed by atoms with Crippen molar-refractivity contribution in [1.82, 2.24) is 0 Å². The summed E-state index contributed by atoms with van der Waals surface area (Å²) < 4.78 is 4.08. The second-order valence-corrected chi connectivity index (χ2v) is 0.981. The maximum absolute atomic E-state index is 9.53. The molecule has 2 nitrogen and oxygen atoms in total. The van der Waals surface area contributed by atoms with Crippen LogP contribution in [0.15, 0.2) is 0 Å². The Balaban J connectivity index is 3.43. The molecule has 3 heteroatoms. The van der Waals surface area contributed by atoms with Crippen molar-refractivity contribution in [3.05, 3.63) is 0 Å². The zero-order chi connectivity index (χ0) is 5.70. The first-order valence-electron chi connectivity index (χ1n) is 1.49. The molecule has 37 valence electrons. The summed E-state index contributed by atoms with van der Waals surface area (Å²) in [5, 5.41) is 0. The van der Waals surface area contributed by atoms with E-state index in [9.17, 15) is 4.79 Å². The predicted molar refractivity (Wildman–Crippen MR) is 28.4 cm³/mol. The molecule has 0 spiro atoms. The molecule has 0 aliphatic heterocycles. The number of terminal acetylenes is 1. The summed E-state index contributed by atoms with van der Waals surface area (Å²) in [5.41, 5.74) is 0. The normalized spacial score (nSPS) is 12.0. The summed E-state index contributed by atoms with van der Waals surface area (Å²) >= 11 is 3.27. The van der Waals surface area contributed by atoms with Gasteiger partial charge in [-0.2, -0.15) is 0 Å². The zero-order valence-electron chi connectivity index (χ0n) is 3.42. The summed E-state index contributed by atoms with van der Waals surface area (Å²) in [6.07, 6.45) is 5.20. The van der Waals surface area contributed by atoms with E-state index in [-0.39, 0.29) is 0 Å². The number of thiol groups is 1. The summed E-state index contributed by atoms with van der Waals surface area (Å²) in [6, 6.07) is 0. The van der Waals surface area contributed by atoms with E-state index >= 15 is 0 Å². The Bertz CT molecular complexity index is 94.4. The SMILES string of the molecule is C#CC([C]=O)OS. The minimum atomic E-state index is -0.927. The zero-order valence-corrected chi connectivity index (χ0v) is 4.31. The third-order valence-electron chi connectivity index (χ3n) is 0.364. The topological polar surface area (TPSA) is 26.3 Å². The van der Waals surface area contributed by atoms with Crippen molar-refractivity contribution in [2.24, 2.45) is 0 Å². The molecule has 1 unspecified atom stereocenters. The van der Waals surface area contributed by atoms with Crippen molar-refractivity contribution < 1.29 is 8.98 Å². The minimum Gasteiger partial charge on any atom is -0.294 e. The Kier molecular flexibility index (Phi) is 3.48. The van der Waals surface area contributed by atoms with E-state index in [0.29, 0.717) is 0 Å². The molecule has 0 bridgehead atoms. The molecule has 0 aromatic rings. The number of hydrogen-bond donors (Lipinski definition) is 1. The molecule has 0 aromatic carbocycles. The lowest BCUT2D eigenvalue weighted by molar-refractivity contribution is 0.372. The molecular weight excluding hydrogens is 112 g/mol. The third kappa shape index (κ3) is 2.26. The molecule has 0 rings (SSSR count). The maximum Gasteiger partial charge on any atom is 0.244 e. The van der Waals surface area contributed by atoms with Gasteiger partial charge >= 0.3 is 0 Å². The van der Waals surface area contributed by atoms with E-state index in [4.69, 9.17) is 6.42 Å². The molecule has 0 aliphatic rings. The van der Waals surface area contributed by atoms with Crippen LogP contribution in [-0.4, -0.2) is 12.4 Å². The van der Waals surface area contributed by atoms with Crippen molar-refractivity contribution in [2.45, 2.75) is 6.10 Å². The van der Waals surface area contributed by atoms with Crippen LogP contribution in [0.1, 0.15) is 0 Å². The predicted octanol–water partition coefficient (Wildman–Crippen LogP) is -0.0407. The van der Waals surface area contributed by atoms with Gasteiger partial charge in [0.25, 0.3) is 0 Å². The van der Waals surface area contributed by atoms with E-state index in [1.807, 2.05) is 5.92 Å². The highest BCUT2D eigenvalue weighted by Gasteiger charge is 1.97. The van der Waals surface area contributed by atoms with Gasteiger partial charge in [0.15, 0.2) is 6.10 Å². The average molecular weight is 115 g/mol. The summed E-state index contributed by atoms with van der Waals surface area (Å²) in [5.74, 6) is 1.98. The van der Waals surface area contributed by atoms with Crippen LogP contribution in [0, 0.1) is 12.3 Å². The van der Waals surface area contributed by atoms with E-state index in [2.05, 4.69) is 17.1 Å². The molecule has 0 N–H and O–H groups in total. The molecule has 0 heterocycles. The van der Waals surface area contributed by atoms with Crippen molar-refractivity contribution in [1.29, 1.82) is 0 Å². The second-order valence-electron chi connectivity index (χ2n) is 0.770. The lowest BCUT2D eigenvalue weighted by atomic mass is 10.4. The van der Waals surface area contributed by atoms with Gasteiger partial charge in [-0.05, 0) is 12.9 Å². The summed E-state index contributed by atoms with van der Waals surface area (Å²) in [7, 11) is 0. The Hall–Kier alpha value is -0.460. The third-order valence-corrected chi connectivity index (χ3v) is 0.575. The molecule has 7 heavy (non-hydrogen) atoms. The quantitative estimate of drug-likeness (QED) is 0.310. The minimum absolute atomic E-state index is 0.927. The molecule has 0 aromatic heterocycles. The van der Waals surface area contributed by atoms with Gasteiger partial charge in [-0.1, -0.05) is 5.92 Å². The van der Waals surface area contributed by atoms with Gasteiger partial charge in [0.1, 0.15) is 0 Å². The average Bonchev–Trinajstić information content (AvgIpc) is 1.72. The highest BCUT2D eigenvalue weighted by atomic mass is 32.1. The molecule has 1 atom stereocenters. The molecule has 0 fully saturated rings. The van der Waals surface area contributed by atoms with Crippen LogP contribution in [0.5, 0.6) is 0 Å². The van der Waals surface area contributed by atoms with Crippen molar-refractivity contribution in [3.63, 3.8) is 0 Å². The van der Waals surface area contributed by atoms with Crippen LogP contribution in [-0.2, 0) is 8.98 Å². The van der Waals surface area contributed by atoms with E-state index in [1.165, 1.54) is 6.29 Å². The van der Waals surface area contributed by atoms with Gasteiger partial charge in [-0.25, -0.2) is 0 Å². The Morgan fingerprint density at radius 3 is 2.43 bits per heavy atom. The van der Waals surface area contributed by atoms with Crippen LogP contribution >= 0.6 is 12.9 Å². The largest absolute Gasteiger partial charge is 0.294 e. The van der Waals surface area contributed by atoms with Gasteiger partial charge in [-0.15, -0.1) is 6.42 Å². The van der Waals surface area contributed by atoms with E-state index < -0.39 is 6.10 Å². The number of carbonyl (C=O) groups excluding carboxylic acids is 1. The number of rotatable bonds is 2. The van der Waals surface area contributed by atoms with Crippen LogP contribution in [0.25, 0.3) is 0 Å². The summed E-state index contributed by atoms with van der Waals surface area (Å²) in [6.45, 7) is 0. The van der Waals surface area contributed by atoms with Gasteiger partial charge in [-0.3, -0.25) is 8.98 Å². The first-order valence-corrected chi connectivity index (χ1v) is 1.85. The monoisotopic (exact) mass is 115 g/mol. The van der Waals surface area contributed by atoms with Crippen LogP contribution in [0.2, 0.25) is 0 Å². The van der Waals surface area contributed by atoms with Crippen molar-refractivity contribution in [2.75, 3.05) is 0 Å². The van der Waals surface area contributed by atoms with Gasteiger partial charge in [0, 0.05) is 0 Å². The lowest BCUT2D eigenvalue weighted by Gasteiger charge is -1.89. The standard InChI is InChI=1S/C4H3O2S/c1-2-4(3-5)6-7/h1,4,7H. The first kappa shape index (κ1) is 6.54. The fraction of sp³-hybridized carbons (Fsp3) is 0.250. The molecule has 1 radical (unpaired) electrons. The van der Waals surface area contributed by atoms with E-state index in [0.717, 1.165) is 0 Å². The van der Waals surface area contributed by atoms with Crippen molar-refractivity contribution in [3.8, 4) is 12.3 Å². The first-order chi connectivity index (χ1) is 3.35. The second kappa shape index (κ2) is 3.72. The Morgan fingerprint density at radius 1 is 1.86 bits per heavy atom. The fourth-order valence-corrected chi connectivity index (χ4v) is 0.190. The molecule has 0 aliphatic carbocycles. The Labute approximate surface area is 47.5 Å².